The molecule has 2 aliphatic heterocycles. The van der Waals surface area contributed by atoms with Crippen molar-refractivity contribution in [1.29, 1.82) is 0 Å². The maximum Gasteiger partial charge on any atom is 0.262 e. The van der Waals surface area contributed by atoms with E-state index >= 15 is 0 Å². The summed E-state index contributed by atoms with van der Waals surface area (Å²) in [5, 5.41) is 12.1. The van der Waals surface area contributed by atoms with Gasteiger partial charge in [0.2, 0.25) is 5.91 Å². The monoisotopic (exact) mass is 282 g/mol. The number of rotatable bonds is 1. The fraction of sp³-hybridized carbons (Fsp3) is 0.500. The third-order valence-electron chi connectivity index (χ3n) is 3.92. The van der Waals surface area contributed by atoms with Gasteiger partial charge in [-0.25, -0.2) is 8.78 Å². The van der Waals surface area contributed by atoms with Gasteiger partial charge in [0.05, 0.1) is 12.6 Å². The number of alkyl halides is 2. The Labute approximate surface area is 115 Å². The Balaban J connectivity index is 1.72. The zero-order valence-corrected chi connectivity index (χ0v) is 10.9. The summed E-state index contributed by atoms with van der Waals surface area (Å²) >= 11 is 0. The maximum absolute atomic E-state index is 13.1. The number of aromatic hydroxyl groups is 1. The third kappa shape index (κ3) is 2.47. The van der Waals surface area contributed by atoms with E-state index in [4.69, 9.17) is 0 Å². The summed E-state index contributed by atoms with van der Waals surface area (Å²) in [4.78, 5) is 13.8. The van der Waals surface area contributed by atoms with Gasteiger partial charge >= 0.3 is 0 Å². The van der Waals surface area contributed by atoms with Gasteiger partial charge in [0, 0.05) is 19.5 Å². The largest absolute Gasteiger partial charge is 0.508 e. The molecule has 1 fully saturated rings. The molecule has 2 aliphatic rings. The number of nitrogens with zero attached hydrogens (tertiary/aromatic N) is 1. The standard InChI is InChI=1S/C14H16F2N2O2/c15-14(16)6-12(17-8-14)13(20)18-4-3-9-1-2-11(19)5-10(9)7-18/h1-2,5,12,17,19H,3-4,6-8H2. The van der Waals surface area contributed by atoms with Crippen LogP contribution in [0.2, 0.25) is 0 Å². The Morgan fingerprint density at radius 3 is 2.90 bits per heavy atom. The van der Waals surface area contributed by atoms with E-state index in [0.717, 1.165) is 11.1 Å². The van der Waals surface area contributed by atoms with Crippen molar-refractivity contribution in [3.8, 4) is 5.75 Å². The Morgan fingerprint density at radius 2 is 2.20 bits per heavy atom. The Kier molecular flexibility index (Phi) is 3.12. The van der Waals surface area contributed by atoms with Crippen LogP contribution in [0.1, 0.15) is 17.5 Å². The minimum Gasteiger partial charge on any atom is -0.508 e. The van der Waals surface area contributed by atoms with Gasteiger partial charge in [-0.05, 0) is 29.7 Å². The quantitative estimate of drug-likeness (QED) is 0.815. The molecule has 1 atom stereocenters. The molecule has 1 saturated heterocycles. The number of hydrogen-bond acceptors (Lipinski definition) is 3. The van der Waals surface area contributed by atoms with Crippen LogP contribution in [0.15, 0.2) is 18.2 Å². The van der Waals surface area contributed by atoms with E-state index in [1.54, 1.807) is 17.0 Å². The molecule has 6 heteroatoms. The average Bonchev–Trinajstić information content (AvgIpc) is 2.77. The number of fused-ring (bicyclic) bond motifs is 1. The summed E-state index contributed by atoms with van der Waals surface area (Å²) in [5.74, 6) is -2.92. The number of carbonyl (C=O) groups excluding carboxylic acids is 1. The van der Waals surface area contributed by atoms with Crippen LogP contribution in [-0.2, 0) is 17.8 Å². The molecule has 20 heavy (non-hydrogen) atoms. The van der Waals surface area contributed by atoms with Crippen molar-refractivity contribution in [3.63, 3.8) is 0 Å². The molecule has 0 radical (unpaired) electrons. The number of nitrogens with one attached hydrogen (secondary N) is 1. The van der Waals surface area contributed by atoms with Crippen molar-refractivity contribution >= 4 is 5.91 Å². The second kappa shape index (κ2) is 4.70. The van der Waals surface area contributed by atoms with Gasteiger partial charge < -0.3 is 10.0 Å². The SMILES string of the molecule is O=C(C1CC(F)(F)CN1)N1CCc2ccc(O)cc2C1. The summed E-state index contributed by atoms with van der Waals surface area (Å²) in [5.41, 5.74) is 1.98. The fourth-order valence-electron chi connectivity index (χ4n) is 2.84. The molecule has 1 aromatic rings. The smallest absolute Gasteiger partial charge is 0.262 e. The number of hydrogen-bond donors (Lipinski definition) is 2. The first-order valence-electron chi connectivity index (χ1n) is 6.65. The summed E-state index contributed by atoms with van der Waals surface area (Å²) < 4.78 is 26.3. The fourth-order valence-corrected chi connectivity index (χ4v) is 2.84. The second-order valence-corrected chi connectivity index (χ2v) is 5.46. The molecule has 0 aliphatic carbocycles. The first-order valence-corrected chi connectivity index (χ1v) is 6.65. The van der Waals surface area contributed by atoms with Crippen LogP contribution in [0, 0.1) is 0 Å². The van der Waals surface area contributed by atoms with Crippen LogP contribution in [0.5, 0.6) is 5.75 Å². The number of phenolic OH excluding ortho intramolecular Hbond substituents is 1. The molecule has 3 rings (SSSR count). The van der Waals surface area contributed by atoms with E-state index < -0.39 is 24.9 Å². The molecule has 0 spiro atoms. The molecule has 108 valence electrons. The van der Waals surface area contributed by atoms with Gasteiger partial charge in [0.1, 0.15) is 5.75 Å². The highest BCUT2D eigenvalue weighted by atomic mass is 19.3. The van der Waals surface area contributed by atoms with Crippen molar-refractivity contribution in [2.24, 2.45) is 0 Å². The summed E-state index contributed by atoms with van der Waals surface area (Å²) in [6.45, 7) is 0.460. The zero-order valence-electron chi connectivity index (χ0n) is 10.9. The van der Waals surface area contributed by atoms with E-state index in [1.165, 1.54) is 0 Å². The van der Waals surface area contributed by atoms with Gasteiger partial charge in [-0.2, -0.15) is 0 Å². The van der Waals surface area contributed by atoms with E-state index in [-0.39, 0.29) is 11.7 Å². The lowest BCUT2D eigenvalue weighted by molar-refractivity contribution is -0.134. The first-order chi connectivity index (χ1) is 9.44. The Hall–Kier alpha value is -1.69. The van der Waals surface area contributed by atoms with E-state index in [2.05, 4.69) is 5.32 Å². The molecule has 0 aromatic heterocycles. The van der Waals surface area contributed by atoms with Crippen molar-refractivity contribution in [2.75, 3.05) is 13.1 Å². The zero-order chi connectivity index (χ0) is 14.3. The van der Waals surface area contributed by atoms with E-state index in [0.29, 0.717) is 19.5 Å². The lowest BCUT2D eigenvalue weighted by atomic mass is 9.98. The molecular formula is C14H16F2N2O2. The number of halogens is 2. The number of amides is 1. The van der Waals surface area contributed by atoms with Crippen molar-refractivity contribution < 1.29 is 18.7 Å². The van der Waals surface area contributed by atoms with Crippen LogP contribution >= 0.6 is 0 Å². The molecule has 2 heterocycles. The Morgan fingerprint density at radius 1 is 1.40 bits per heavy atom. The number of benzene rings is 1. The molecule has 4 nitrogen and oxygen atoms in total. The minimum atomic E-state index is -2.80. The van der Waals surface area contributed by atoms with Crippen molar-refractivity contribution in [2.45, 2.75) is 31.4 Å². The van der Waals surface area contributed by atoms with Gasteiger partial charge in [0.25, 0.3) is 5.92 Å². The molecule has 2 N–H and O–H groups in total. The summed E-state index contributed by atoms with van der Waals surface area (Å²) in [7, 11) is 0. The number of phenols is 1. The lowest BCUT2D eigenvalue weighted by Gasteiger charge is -2.30. The van der Waals surface area contributed by atoms with E-state index in [1.807, 2.05) is 6.07 Å². The van der Waals surface area contributed by atoms with Crippen LogP contribution < -0.4 is 5.32 Å². The van der Waals surface area contributed by atoms with Gasteiger partial charge in [0.15, 0.2) is 0 Å². The topological polar surface area (TPSA) is 52.6 Å². The van der Waals surface area contributed by atoms with Crippen LogP contribution in [0.3, 0.4) is 0 Å². The predicted molar refractivity (Wildman–Crippen MR) is 68.6 cm³/mol. The highest BCUT2D eigenvalue weighted by Crippen LogP contribution is 2.28. The summed E-state index contributed by atoms with van der Waals surface area (Å²) in [6, 6.07) is 4.29. The maximum atomic E-state index is 13.1. The first kappa shape index (κ1) is 13.3. The average molecular weight is 282 g/mol. The van der Waals surface area contributed by atoms with Crippen LogP contribution in [0.4, 0.5) is 8.78 Å². The summed E-state index contributed by atoms with van der Waals surface area (Å²) in [6.07, 6.45) is 0.250. The molecule has 1 unspecified atom stereocenters. The highest BCUT2D eigenvalue weighted by molar-refractivity contribution is 5.82. The van der Waals surface area contributed by atoms with Gasteiger partial charge in [-0.3, -0.25) is 10.1 Å². The normalized spacial score (nSPS) is 24.5. The lowest BCUT2D eigenvalue weighted by Crippen LogP contribution is -2.45. The van der Waals surface area contributed by atoms with Crippen molar-refractivity contribution in [3.05, 3.63) is 29.3 Å². The van der Waals surface area contributed by atoms with Gasteiger partial charge in [-0.15, -0.1) is 0 Å². The Bertz CT molecular complexity index is 548. The third-order valence-corrected chi connectivity index (χ3v) is 3.92. The van der Waals surface area contributed by atoms with Crippen molar-refractivity contribution in [1.82, 2.24) is 10.2 Å². The number of carbonyl (C=O) groups is 1. The molecule has 1 aromatic carbocycles. The molecule has 0 saturated carbocycles. The van der Waals surface area contributed by atoms with Crippen LogP contribution in [-0.4, -0.2) is 41.0 Å². The molecule has 1 amide bonds. The van der Waals surface area contributed by atoms with E-state index in [9.17, 15) is 18.7 Å². The second-order valence-electron chi connectivity index (χ2n) is 5.46. The van der Waals surface area contributed by atoms with Gasteiger partial charge in [-0.1, -0.05) is 6.07 Å². The molecule has 0 bridgehead atoms. The highest BCUT2D eigenvalue weighted by Gasteiger charge is 2.43. The molecular weight excluding hydrogens is 266 g/mol. The van der Waals surface area contributed by atoms with Crippen LogP contribution in [0.25, 0.3) is 0 Å². The predicted octanol–water partition coefficient (Wildman–Crippen LogP) is 1.27. The minimum absolute atomic E-state index is 0.156.